The number of aromatic nitrogens is 4. The molecule has 0 bridgehead atoms. The van der Waals surface area contributed by atoms with E-state index in [0.29, 0.717) is 137 Å². The summed E-state index contributed by atoms with van der Waals surface area (Å²) in [6.07, 6.45) is 19.5. The van der Waals surface area contributed by atoms with Gasteiger partial charge in [-0.1, -0.05) is 44.4 Å². The first-order valence-corrected chi connectivity index (χ1v) is 29.5. The lowest BCUT2D eigenvalue weighted by atomic mass is 9.94. The Morgan fingerprint density at radius 2 is 0.822 bits per heavy atom. The van der Waals surface area contributed by atoms with Crippen molar-refractivity contribution >= 4 is 95.4 Å². The monoisotopic (exact) mass is 1220 g/mol. The van der Waals surface area contributed by atoms with E-state index in [-0.39, 0.29) is 49.4 Å². The Morgan fingerprint density at radius 1 is 0.444 bits per heavy atom. The Morgan fingerprint density at radius 3 is 1.21 bits per heavy atom. The second-order valence-corrected chi connectivity index (χ2v) is 22.4. The van der Waals surface area contributed by atoms with E-state index in [1.165, 1.54) is 28.4 Å². The molecule has 4 aromatic heterocycles. The lowest BCUT2D eigenvalue weighted by molar-refractivity contribution is -0.141. The van der Waals surface area contributed by atoms with Crippen LogP contribution in [0.25, 0.3) is 36.5 Å². The van der Waals surface area contributed by atoms with Crippen LogP contribution in [0.1, 0.15) is 128 Å². The average Bonchev–Trinajstić information content (AvgIpc) is 3.32. The number of carbonyl (C=O) groups is 8. The Kier molecular flexibility index (Phi) is 20.3. The van der Waals surface area contributed by atoms with Gasteiger partial charge in [0, 0.05) is 109 Å². The van der Waals surface area contributed by atoms with Crippen LogP contribution in [-0.4, -0.2) is 107 Å². The van der Waals surface area contributed by atoms with Crippen LogP contribution in [-0.2, 0) is 83.0 Å². The van der Waals surface area contributed by atoms with E-state index >= 15 is 0 Å². The van der Waals surface area contributed by atoms with Crippen molar-refractivity contribution in [1.82, 2.24) is 30.6 Å². The third kappa shape index (κ3) is 13.7. The van der Waals surface area contributed by atoms with E-state index in [1.54, 1.807) is 57.2 Å². The standard InChI is InChI=1S/C70H76N8O12/c1-16-43-40(9)67(83)77-56(43)30-52-37(6)47(22-26-64(81)89-14)60(73-52)32-58-45(20-24-62(79)87-12)35(4)50(71-58)28-54-39(8)49(69(85)75-54)19-18-34(3)66-42(11)55(76-70(66)86)29-51-36(5)46(21-25-63(80)88-13)59(72-51)33-61-48(23-27-65(82)90-15)38(7)53(74-61)31-57-44(17-2)41(10)68(84)78-57/h16-19,28-34,71-74H,1-2,20-27H2,3-15H3,(H,77,83)(H,78,84)/b19-18+,50-28+,51-29+,56-30-,57-31-,58-32-,59-33-. The van der Waals surface area contributed by atoms with Gasteiger partial charge in [-0.15, -0.1) is 0 Å². The van der Waals surface area contributed by atoms with Crippen LogP contribution in [0.2, 0.25) is 0 Å². The zero-order valence-electron chi connectivity index (χ0n) is 53.2. The minimum atomic E-state index is -0.491. The number of methoxy groups -OCH3 is 4. The summed E-state index contributed by atoms with van der Waals surface area (Å²) < 4.78 is 20.0. The molecule has 20 heteroatoms. The Hall–Kier alpha value is -10.2. The predicted octanol–water partition coefficient (Wildman–Crippen LogP) is 6.31. The summed E-state index contributed by atoms with van der Waals surface area (Å²) in [5.41, 5.74) is 15.9. The topological polar surface area (TPSA) is 285 Å². The van der Waals surface area contributed by atoms with Gasteiger partial charge in [0.25, 0.3) is 23.6 Å². The summed E-state index contributed by atoms with van der Waals surface area (Å²) in [5.74, 6) is -3.39. The molecule has 0 fully saturated rings. The molecule has 4 aromatic rings. The van der Waals surface area contributed by atoms with Crippen LogP contribution in [0.15, 0.2) is 103 Å². The largest absolute Gasteiger partial charge is 0.469 e. The fraction of sp³-hybridized carbons (Fsp3) is 0.314. The van der Waals surface area contributed by atoms with Gasteiger partial charge in [-0.2, -0.15) is 0 Å². The van der Waals surface area contributed by atoms with Crippen molar-refractivity contribution in [3.63, 3.8) is 0 Å². The Bertz CT molecular complexity index is 4370. The molecule has 0 saturated carbocycles. The van der Waals surface area contributed by atoms with E-state index in [9.17, 15) is 38.4 Å². The fourth-order valence-electron chi connectivity index (χ4n) is 11.7. The molecular formula is C70H76N8O12. The van der Waals surface area contributed by atoms with Gasteiger partial charge in [0.2, 0.25) is 0 Å². The van der Waals surface area contributed by atoms with E-state index in [2.05, 4.69) is 53.7 Å². The highest BCUT2D eigenvalue weighted by Gasteiger charge is 2.29. The Balaban J connectivity index is 1.13. The third-order valence-electron chi connectivity index (χ3n) is 17.2. The number of rotatable bonds is 23. The number of hydrogen-bond donors (Lipinski definition) is 6. The molecule has 1 atom stereocenters. The molecule has 4 aliphatic rings. The molecule has 1 unspecified atom stereocenters. The number of aromatic amines is 4. The number of ether oxygens (including phenoxy) is 4. The molecule has 0 aromatic carbocycles. The van der Waals surface area contributed by atoms with Gasteiger partial charge in [0.1, 0.15) is 0 Å². The number of aliphatic imine (C=N–C) groups is 2. The first kappa shape index (κ1) is 65.7. The van der Waals surface area contributed by atoms with E-state index in [0.717, 1.165) is 44.5 Å². The predicted molar refractivity (Wildman–Crippen MR) is 345 cm³/mol. The molecule has 20 nitrogen and oxygen atoms in total. The zero-order valence-corrected chi connectivity index (χ0v) is 53.2. The van der Waals surface area contributed by atoms with Crippen LogP contribution in [0.3, 0.4) is 0 Å². The van der Waals surface area contributed by atoms with Crippen molar-refractivity contribution in [3.8, 4) is 0 Å². The zero-order chi connectivity index (χ0) is 65.6. The summed E-state index contributed by atoms with van der Waals surface area (Å²) in [6, 6.07) is 0. The smallest absolute Gasteiger partial charge is 0.305 e. The minimum absolute atomic E-state index is 0.0818. The highest BCUT2D eigenvalue weighted by molar-refractivity contribution is 6.32. The number of allylic oxidation sites excluding steroid dienone is 5. The molecule has 0 saturated heterocycles. The Labute approximate surface area is 521 Å². The molecule has 8 heterocycles. The minimum Gasteiger partial charge on any atom is -0.469 e. The van der Waals surface area contributed by atoms with Crippen molar-refractivity contribution < 1.29 is 57.3 Å². The summed E-state index contributed by atoms with van der Waals surface area (Å²) >= 11 is 0. The van der Waals surface area contributed by atoms with Gasteiger partial charge in [0.15, 0.2) is 0 Å². The number of esters is 4. The van der Waals surface area contributed by atoms with Gasteiger partial charge < -0.3 is 49.5 Å². The molecular weight excluding hydrogens is 1140 g/mol. The van der Waals surface area contributed by atoms with Crippen LogP contribution < -0.4 is 32.0 Å². The van der Waals surface area contributed by atoms with Gasteiger partial charge in [-0.25, -0.2) is 9.98 Å². The number of H-pyrrole nitrogens is 4. The molecule has 0 radical (unpaired) electrons. The molecule has 90 heavy (non-hydrogen) atoms. The van der Waals surface area contributed by atoms with Crippen molar-refractivity contribution in [3.05, 3.63) is 182 Å². The number of nitrogens with one attached hydrogen (secondary N) is 6. The van der Waals surface area contributed by atoms with E-state index in [1.807, 2.05) is 65.8 Å². The second-order valence-electron chi connectivity index (χ2n) is 22.4. The van der Waals surface area contributed by atoms with Gasteiger partial charge >= 0.3 is 23.9 Å². The highest BCUT2D eigenvalue weighted by atomic mass is 16.5. The van der Waals surface area contributed by atoms with Gasteiger partial charge in [0.05, 0.1) is 51.3 Å². The highest BCUT2D eigenvalue weighted by Crippen LogP contribution is 2.31. The average molecular weight is 1220 g/mol. The van der Waals surface area contributed by atoms with Crippen LogP contribution in [0, 0.1) is 33.6 Å². The van der Waals surface area contributed by atoms with Crippen molar-refractivity contribution in [1.29, 1.82) is 0 Å². The summed E-state index contributed by atoms with van der Waals surface area (Å²) in [4.78, 5) is 126. The maximum absolute atomic E-state index is 13.9. The molecule has 468 valence electrons. The maximum atomic E-state index is 13.9. The van der Waals surface area contributed by atoms with Crippen molar-refractivity contribution in [2.45, 2.75) is 114 Å². The molecule has 0 aliphatic carbocycles. The number of carbonyl (C=O) groups excluding carboxylic acids is 8. The van der Waals surface area contributed by atoms with Crippen LogP contribution in [0.4, 0.5) is 0 Å². The first-order chi connectivity index (χ1) is 42.9. The number of amides is 4. The normalized spacial score (nSPS) is 17.3. The summed E-state index contributed by atoms with van der Waals surface area (Å²) in [5, 5.41) is 8.44. The third-order valence-corrected chi connectivity index (χ3v) is 17.2. The summed E-state index contributed by atoms with van der Waals surface area (Å²) in [6.45, 7) is 24.4. The van der Waals surface area contributed by atoms with Crippen LogP contribution >= 0.6 is 0 Å². The molecule has 0 spiro atoms. The molecule has 4 aliphatic heterocycles. The van der Waals surface area contributed by atoms with E-state index in [4.69, 9.17) is 18.9 Å². The quantitative estimate of drug-likeness (QED) is 0.0352. The first-order valence-electron chi connectivity index (χ1n) is 29.5. The van der Waals surface area contributed by atoms with Crippen LogP contribution in [0.5, 0.6) is 0 Å². The van der Waals surface area contributed by atoms with Crippen molar-refractivity contribution in [2.24, 2.45) is 15.9 Å². The molecule has 8 rings (SSSR count). The number of nitrogens with zero attached hydrogens (tertiary/aromatic N) is 2. The maximum Gasteiger partial charge on any atom is 0.305 e. The van der Waals surface area contributed by atoms with Gasteiger partial charge in [-0.05, 0) is 173 Å². The SMILES string of the molecule is C=CC1=C(C)C(=O)N/C1=C\c1[nH]c(/C=c2\[nH]/c(=C/C3=NC(=O)C(/C=C/C(C)C4=C(C)C(/C=c5/[nH]/c(=C\c6[nH]c(/C=C7\NC(=O)C(C)=C7C=C)c(C)c6CCC(=O)OC)c(CCC(=O)OC)c5C)=NC4=O)=C3C)c(C)c2CCC(=O)OC)c(CCC(=O)OC)c1C. The van der Waals surface area contributed by atoms with E-state index < -0.39 is 29.7 Å². The second kappa shape index (κ2) is 27.9. The molecule has 4 amide bonds. The van der Waals surface area contributed by atoms with Gasteiger partial charge in [-0.3, -0.25) is 38.4 Å². The van der Waals surface area contributed by atoms with Crippen molar-refractivity contribution in [2.75, 3.05) is 28.4 Å². The lowest BCUT2D eigenvalue weighted by Crippen LogP contribution is -2.15. The fourth-order valence-corrected chi connectivity index (χ4v) is 11.7. The number of hydrogen-bond acceptors (Lipinski definition) is 12. The summed E-state index contributed by atoms with van der Waals surface area (Å²) in [7, 11) is 5.34. The molecule has 6 N–H and O–H groups in total. The lowest BCUT2D eigenvalue weighted by Gasteiger charge is -2.08.